The lowest BCUT2D eigenvalue weighted by Gasteiger charge is -2.14. The molecule has 0 spiro atoms. The Bertz CT molecular complexity index is 750. The zero-order valence-electron chi connectivity index (χ0n) is 12.5. The number of halogens is 4. The highest BCUT2D eigenvalue weighted by Gasteiger charge is 2.31. The van der Waals surface area contributed by atoms with E-state index in [4.69, 9.17) is 0 Å². The van der Waals surface area contributed by atoms with Crippen LogP contribution in [0.5, 0.6) is 5.75 Å². The summed E-state index contributed by atoms with van der Waals surface area (Å²) in [5.74, 6) is -1.22. The van der Waals surface area contributed by atoms with Crippen LogP contribution in [0.4, 0.5) is 28.9 Å². The quantitative estimate of drug-likeness (QED) is 0.465. The summed E-state index contributed by atoms with van der Waals surface area (Å²) in [6, 6.07) is 7.43. The highest BCUT2D eigenvalue weighted by atomic mass is 19.4. The van der Waals surface area contributed by atoms with Crippen LogP contribution in [0.15, 0.2) is 42.5 Å². The van der Waals surface area contributed by atoms with Gasteiger partial charge in [0.1, 0.15) is 17.3 Å². The Labute approximate surface area is 138 Å². The van der Waals surface area contributed by atoms with Gasteiger partial charge in [0.2, 0.25) is 0 Å². The summed E-state index contributed by atoms with van der Waals surface area (Å²) >= 11 is 0. The average molecular weight is 360 g/mol. The number of hydrogen-bond donors (Lipinski definition) is 2. The minimum atomic E-state index is -4.82. The van der Waals surface area contributed by atoms with Gasteiger partial charge in [-0.3, -0.25) is 10.1 Å². The van der Waals surface area contributed by atoms with Crippen molar-refractivity contribution < 1.29 is 32.3 Å². The number of nitro benzene ring substituents is 1. The molecular weight excluding hydrogens is 348 g/mol. The predicted molar refractivity (Wildman–Crippen MR) is 79.6 cm³/mol. The van der Waals surface area contributed by atoms with Crippen molar-refractivity contribution in [2.45, 2.75) is 12.5 Å². The van der Waals surface area contributed by atoms with Crippen molar-refractivity contribution in [1.82, 2.24) is 0 Å². The number of aliphatic hydroxyl groups is 1. The van der Waals surface area contributed by atoms with Crippen molar-refractivity contribution in [3.8, 4) is 5.75 Å². The molecule has 0 saturated heterocycles. The Morgan fingerprint density at radius 2 is 1.84 bits per heavy atom. The van der Waals surface area contributed by atoms with Gasteiger partial charge in [-0.2, -0.15) is 0 Å². The van der Waals surface area contributed by atoms with E-state index in [1.165, 1.54) is 12.1 Å². The number of aliphatic hydroxyl groups excluding tert-OH is 1. The molecule has 6 nitrogen and oxygen atoms in total. The van der Waals surface area contributed by atoms with Gasteiger partial charge in [-0.05, 0) is 29.8 Å². The van der Waals surface area contributed by atoms with E-state index in [2.05, 4.69) is 10.1 Å². The summed E-state index contributed by atoms with van der Waals surface area (Å²) < 4.78 is 53.0. The third kappa shape index (κ3) is 5.31. The van der Waals surface area contributed by atoms with Crippen molar-refractivity contribution in [3.05, 3.63) is 64.0 Å². The van der Waals surface area contributed by atoms with Crippen molar-refractivity contribution in [1.29, 1.82) is 0 Å². The predicted octanol–water partition coefficient (Wildman–Crippen LogP) is 3.78. The van der Waals surface area contributed by atoms with Gasteiger partial charge in [0, 0.05) is 6.54 Å². The van der Waals surface area contributed by atoms with Gasteiger partial charge in [-0.15, -0.1) is 13.2 Å². The molecule has 1 unspecified atom stereocenters. The van der Waals surface area contributed by atoms with Crippen LogP contribution in [0, 0.1) is 15.9 Å². The van der Waals surface area contributed by atoms with E-state index in [-0.39, 0.29) is 17.8 Å². The molecule has 0 aliphatic heterocycles. The van der Waals surface area contributed by atoms with Crippen LogP contribution >= 0.6 is 0 Å². The molecule has 0 aliphatic carbocycles. The van der Waals surface area contributed by atoms with E-state index >= 15 is 0 Å². The number of benzene rings is 2. The van der Waals surface area contributed by atoms with E-state index in [1.54, 1.807) is 0 Å². The maximum absolute atomic E-state index is 13.1. The lowest BCUT2D eigenvalue weighted by molar-refractivity contribution is -0.384. The highest BCUT2D eigenvalue weighted by Crippen LogP contribution is 2.27. The smallest absolute Gasteiger partial charge is 0.406 e. The number of nitro groups is 1. The van der Waals surface area contributed by atoms with Gasteiger partial charge in [-0.1, -0.05) is 12.1 Å². The van der Waals surface area contributed by atoms with Crippen LogP contribution in [-0.4, -0.2) is 22.9 Å². The van der Waals surface area contributed by atoms with E-state index in [0.29, 0.717) is 0 Å². The summed E-state index contributed by atoms with van der Waals surface area (Å²) in [5, 5.41) is 23.5. The van der Waals surface area contributed by atoms with Crippen molar-refractivity contribution >= 4 is 11.4 Å². The number of alkyl halides is 3. The molecule has 0 fully saturated rings. The van der Waals surface area contributed by atoms with Gasteiger partial charge in [0.15, 0.2) is 0 Å². The first-order valence-electron chi connectivity index (χ1n) is 6.87. The molecule has 10 heteroatoms. The van der Waals surface area contributed by atoms with E-state index in [1.807, 2.05) is 0 Å². The van der Waals surface area contributed by atoms with Gasteiger partial charge in [0.25, 0.3) is 5.69 Å². The normalized spacial score (nSPS) is 12.5. The van der Waals surface area contributed by atoms with Crippen LogP contribution in [0.2, 0.25) is 0 Å². The molecule has 2 aromatic rings. The number of ether oxygens (including phenoxy) is 1. The Hall–Kier alpha value is -2.88. The summed E-state index contributed by atoms with van der Waals surface area (Å²) in [4.78, 5) is 10.1. The van der Waals surface area contributed by atoms with Gasteiger partial charge in [-0.25, -0.2) is 4.39 Å². The van der Waals surface area contributed by atoms with Crippen LogP contribution < -0.4 is 10.1 Å². The molecule has 25 heavy (non-hydrogen) atoms. The van der Waals surface area contributed by atoms with Gasteiger partial charge in [0.05, 0.1) is 17.1 Å². The zero-order chi connectivity index (χ0) is 18.6. The van der Waals surface area contributed by atoms with Gasteiger partial charge < -0.3 is 15.2 Å². The first-order valence-corrected chi connectivity index (χ1v) is 6.87. The fourth-order valence-corrected chi connectivity index (χ4v) is 2.02. The number of nitrogens with one attached hydrogen (secondary N) is 1. The summed E-state index contributed by atoms with van der Waals surface area (Å²) in [6.07, 6.45) is -5.98. The molecular formula is C15H12F4N2O4. The first kappa shape index (κ1) is 18.5. The number of nitrogens with zero attached hydrogens (tertiary/aromatic N) is 1. The van der Waals surface area contributed by atoms with Crippen LogP contribution in [-0.2, 0) is 0 Å². The molecule has 0 saturated carbocycles. The average Bonchev–Trinajstić information content (AvgIpc) is 2.52. The van der Waals surface area contributed by atoms with E-state index in [0.717, 1.165) is 30.3 Å². The Balaban J connectivity index is 2.03. The van der Waals surface area contributed by atoms with Crippen molar-refractivity contribution in [3.63, 3.8) is 0 Å². The van der Waals surface area contributed by atoms with E-state index in [9.17, 15) is 32.8 Å². The van der Waals surface area contributed by atoms with Crippen LogP contribution in [0.25, 0.3) is 0 Å². The lowest BCUT2D eigenvalue weighted by atomic mass is 10.1. The minimum absolute atomic E-state index is 0.00229. The van der Waals surface area contributed by atoms with Crippen molar-refractivity contribution in [2.24, 2.45) is 0 Å². The number of rotatable bonds is 6. The molecule has 0 radical (unpaired) electrons. The molecule has 134 valence electrons. The largest absolute Gasteiger partial charge is 0.573 e. The summed E-state index contributed by atoms with van der Waals surface area (Å²) in [5.41, 5.74) is -0.226. The van der Waals surface area contributed by atoms with Crippen molar-refractivity contribution in [2.75, 3.05) is 11.9 Å². The number of hydrogen-bond acceptors (Lipinski definition) is 5. The monoisotopic (exact) mass is 360 g/mol. The number of anilines is 1. The second kappa shape index (κ2) is 7.34. The van der Waals surface area contributed by atoms with Crippen LogP contribution in [0.1, 0.15) is 11.7 Å². The standard InChI is InChI=1S/C15H12F4N2O4/c16-10-3-6-12(13(7-10)21(23)24)20-8-14(22)9-1-4-11(5-2-9)25-15(17,18)19/h1-7,14,20,22H,8H2. The molecule has 0 amide bonds. The third-order valence-electron chi connectivity index (χ3n) is 3.14. The lowest BCUT2D eigenvalue weighted by Crippen LogP contribution is -2.17. The second-order valence-corrected chi connectivity index (χ2v) is 4.93. The highest BCUT2D eigenvalue weighted by molar-refractivity contribution is 5.61. The molecule has 1 atom stereocenters. The molecule has 2 N–H and O–H groups in total. The minimum Gasteiger partial charge on any atom is -0.406 e. The Kier molecular flexibility index (Phi) is 5.42. The Morgan fingerprint density at radius 1 is 1.20 bits per heavy atom. The maximum atomic E-state index is 13.1. The van der Waals surface area contributed by atoms with Crippen LogP contribution in [0.3, 0.4) is 0 Å². The topological polar surface area (TPSA) is 84.6 Å². The third-order valence-corrected chi connectivity index (χ3v) is 3.14. The Morgan fingerprint density at radius 3 is 2.40 bits per heavy atom. The fraction of sp³-hybridized carbons (Fsp3) is 0.200. The van der Waals surface area contributed by atoms with E-state index < -0.39 is 34.6 Å². The molecule has 2 rings (SSSR count). The molecule has 2 aromatic carbocycles. The molecule has 0 heterocycles. The molecule has 0 aromatic heterocycles. The zero-order valence-corrected chi connectivity index (χ0v) is 12.5. The van der Waals surface area contributed by atoms with Gasteiger partial charge >= 0.3 is 6.36 Å². The SMILES string of the molecule is O=[N+]([O-])c1cc(F)ccc1NCC(O)c1ccc(OC(F)(F)F)cc1. The summed E-state index contributed by atoms with van der Waals surface area (Å²) in [6.45, 7) is -0.175. The summed E-state index contributed by atoms with van der Waals surface area (Å²) in [7, 11) is 0. The first-order chi connectivity index (χ1) is 11.7. The second-order valence-electron chi connectivity index (χ2n) is 4.93. The molecule has 0 aliphatic rings. The maximum Gasteiger partial charge on any atom is 0.573 e. The fourth-order valence-electron chi connectivity index (χ4n) is 2.02. The molecule has 0 bridgehead atoms.